The van der Waals surface area contributed by atoms with E-state index in [9.17, 15) is 12.8 Å². The first-order chi connectivity index (χ1) is 9.53. The van der Waals surface area contributed by atoms with Crippen LogP contribution < -0.4 is 10.5 Å². The molecule has 0 spiro atoms. The number of benzene rings is 1. The molecular formula is C12H15FN4O2S. The van der Waals surface area contributed by atoms with Crippen LogP contribution in [-0.2, 0) is 23.1 Å². The predicted octanol–water partition coefficient (Wildman–Crippen LogP) is 0.459. The van der Waals surface area contributed by atoms with Crippen molar-refractivity contribution in [3.05, 3.63) is 48.3 Å². The number of nitrogens with one attached hydrogen (secondary N) is 1. The average molecular weight is 298 g/mol. The molecule has 1 heterocycles. The summed E-state index contributed by atoms with van der Waals surface area (Å²) in [6.07, 6.45) is 4.91. The summed E-state index contributed by atoms with van der Waals surface area (Å²) in [5, 5.41) is 0. The van der Waals surface area contributed by atoms with Crippen LogP contribution in [0.2, 0.25) is 0 Å². The fourth-order valence-corrected chi connectivity index (χ4v) is 3.03. The minimum Gasteiger partial charge on any atom is -0.336 e. The van der Waals surface area contributed by atoms with Gasteiger partial charge in [-0.05, 0) is 17.7 Å². The smallest absolute Gasteiger partial charge is 0.241 e. The summed E-state index contributed by atoms with van der Waals surface area (Å²) in [7, 11) is -3.78. The zero-order valence-corrected chi connectivity index (χ0v) is 11.5. The fourth-order valence-electron chi connectivity index (χ4n) is 1.75. The zero-order valence-electron chi connectivity index (χ0n) is 10.7. The van der Waals surface area contributed by atoms with Crippen molar-refractivity contribution in [2.75, 3.05) is 6.54 Å². The van der Waals surface area contributed by atoms with Crippen LogP contribution in [0.25, 0.3) is 0 Å². The number of nitrogens with zero attached hydrogens (tertiary/aromatic N) is 2. The molecule has 3 N–H and O–H groups in total. The second-order valence-electron chi connectivity index (χ2n) is 4.15. The second kappa shape index (κ2) is 6.12. The van der Waals surface area contributed by atoms with Gasteiger partial charge in [-0.2, -0.15) is 0 Å². The van der Waals surface area contributed by atoms with Gasteiger partial charge in [-0.1, -0.05) is 6.07 Å². The number of hydrogen-bond donors (Lipinski definition) is 2. The SMILES string of the molecule is NCc1ccc(F)cc1S(=O)(=O)NCCn1ccnc1. The Hall–Kier alpha value is -1.77. The van der Waals surface area contributed by atoms with Gasteiger partial charge >= 0.3 is 0 Å². The molecule has 0 atom stereocenters. The van der Waals surface area contributed by atoms with Gasteiger partial charge in [-0.15, -0.1) is 0 Å². The van der Waals surface area contributed by atoms with Gasteiger partial charge in [0.15, 0.2) is 0 Å². The molecule has 0 saturated carbocycles. The third-order valence-corrected chi connectivity index (χ3v) is 4.30. The van der Waals surface area contributed by atoms with E-state index >= 15 is 0 Å². The van der Waals surface area contributed by atoms with Crippen molar-refractivity contribution in [1.82, 2.24) is 14.3 Å². The van der Waals surface area contributed by atoms with E-state index in [0.29, 0.717) is 12.1 Å². The summed E-state index contributed by atoms with van der Waals surface area (Å²) in [4.78, 5) is 3.73. The molecule has 0 unspecified atom stereocenters. The summed E-state index contributed by atoms with van der Waals surface area (Å²) < 4.78 is 41.6. The van der Waals surface area contributed by atoms with Crippen LogP contribution in [-0.4, -0.2) is 24.5 Å². The van der Waals surface area contributed by atoms with Crippen LogP contribution >= 0.6 is 0 Å². The highest BCUT2D eigenvalue weighted by Gasteiger charge is 2.18. The molecule has 0 aliphatic rings. The number of imidazole rings is 1. The summed E-state index contributed by atoms with van der Waals surface area (Å²) in [6, 6.07) is 3.54. The summed E-state index contributed by atoms with van der Waals surface area (Å²) >= 11 is 0. The zero-order chi connectivity index (χ0) is 14.6. The van der Waals surface area contributed by atoms with Gasteiger partial charge in [0, 0.05) is 32.0 Å². The van der Waals surface area contributed by atoms with E-state index in [1.807, 2.05) is 0 Å². The lowest BCUT2D eigenvalue weighted by molar-refractivity contribution is 0.568. The molecule has 0 aliphatic carbocycles. The van der Waals surface area contributed by atoms with Gasteiger partial charge in [0.1, 0.15) is 5.82 Å². The van der Waals surface area contributed by atoms with Crippen molar-refractivity contribution in [3.8, 4) is 0 Å². The molecule has 1 aromatic carbocycles. The van der Waals surface area contributed by atoms with Crippen molar-refractivity contribution >= 4 is 10.0 Å². The fraction of sp³-hybridized carbons (Fsp3) is 0.250. The number of sulfonamides is 1. The molecule has 108 valence electrons. The largest absolute Gasteiger partial charge is 0.336 e. The Balaban J connectivity index is 2.11. The highest BCUT2D eigenvalue weighted by molar-refractivity contribution is 7.89. The summed E-state index contributed by atoms with van der Waals surface area (Å²) in [6.45, 7) is 0.643. The molecule has 1 aromatic heterocycles. The van der Waals surface area contributed by atoms with Crippen molar-refractivity contribution < 1.29 is 12.8 Å². The van der Waals surface area contributed by atoms with E-state index in [2.05, 4.69) is 9.71 Å². The lowest BCUT2D eigenvalue weighted by atomic mass is 10.2. The van der Waals surface area contributed by atoms with Crippen LogP contribution in [0.15, 0.2) is 41.8 Å². The molecule has 6 nitrogen and oxygen atoms in total. The summed E-state index contributed by atoms with van der Waals surface area (Å²) in [5.41, 5.74) is 5.85. The Morgan fingerprint density at radius 1 is 1.40 bits per heavy atom. The normalized spacial score (nSPS) is 11.7. The van der Waals surface area contributed by atoms with Gasteiger partial charge in [-0.3, -0.25) is 0 Å². The van der Waals surface area contributed by atoms with Gasteiger partial charge in [0.2, 0.25) is 10.0 Å². The van der Waals surface area contributed by atoms with Crippen molar-refractivity contribution in [1.29, 1.82) is 0 Å². The number of aromatic nitrogens is 2. The Morgan fingerprint density at radius 3 is 2.85 bits per heavy atom. The van der Waals surface area contributed by atoms with E-state index < -0.39 is 15.8 Å². The van der Waals surface area contributed by atoms with Gasteiger partial charge in [0.05, 0.1) is 11.2 Å². The van der Waals surface area contributed by atoms with Crippen molar-refractivity contribution in [3.63, 3.8) is 0 Å². The van der Waals surface area contributed by atoms with Crippen LogP contribution in [0.3, 0.4) is 0 Å². The Labute approximate surface area is 116 Å². The van der Waals surface area contributed by atoms with Crippen LogP contribution in [0.1, 0.15) is 5.56 Å². The maximum absolute atomic E-state index is 13.2. The van der Waals surface area contributed by atoms with E-state index in [4.69, 9.17) is 5.73 Å². The van der Waals surface area contributed by atoms with Crippen molar-refractivity contribution in [2.45, 2.75) is 18.0 Å². The predicted molar refractivity (Wildman–Crippen MR) is 71.7 cm³/mol. The van der Waals surface area contributed by atoms with Crippen molar-refractivity contribution in [2.24, 2.45) is 5.73 Å². The molecule has 20 heavy (non-hydrogen) atoms. The Morgan fingerprint density at radius 2 is 2.20 bits per heavy atom. The monoisotopic (exact) mass is 298 g/mol. The highest BCUT2D eigenvalue weighted by atomic mass is 32.2. The minimum atomic E-state index is -3.78. The third-order valence-electron chi connectivity index (χ3n) is 2.76. The first-order valence-corrected chi connectivity index (χ1v) is 7.45. The second-order valence-corrected chi connectivity index (χ2v) is 5.89. The molecule has 0 aliphatic heterocycles. The molecule has 0 radical (unpaired) electrons. The standard InChI is InChI=1S/C12H15FN4O2S/c13-11-2-1-10(8-14)12(7-11)20(18,19)16-4-6-17-5-3-15-9-17/h1-3,5,7,9,16H,4,6,8,14H2. The van der Waals surface area contributed by atoms with E-state index in [0.717, 1.165) is 6.07 Å². The number of halogens is 1. The lowest BCUT2D eigenvalue weighted by Gasteiger charge is -2.11. The number of nitrogens with two attached hydrogens (primary N) is 1. The first-order valence-electron chi connectivity index (χ1n) is 5.97. The average Bonchev–Trinajstić information content (AvgIpc) is 2.91. The first kappa shape index (κ1) is 14.6. The summed E-state index contributed by atoms with van der Waals surface area (Å²) in [5.74, 6) is -0.614. The minimum absolute atomic E-state index is 0.0258. The van der Waals surface area contributed by atoms with Gasteiger partial charge in [-0.25, -0.2) is 22.5 Å². The van der Waals surface area contributed by atoms with Gasteiger partial charge in [0.25, 0.3) is 0 Å². The maximum Gasteiger partial charge on any atom is 0.241 e. The molecule has 0 bridgehead atoms. The highest BCUT2D eigenvalue weighted by Crippen LogP contribution is 2.16. The topological polar surface area (TPSA) is 90.0 Å². The Bertz CT molecular complexity index is 671. The lowest BCUT2D eigenvalue weighted by Crippen LogP contribution is -2.28. The molecule has 0 fully saturated rings. The van der Waals surface area contributed by atoms with E-state index in [1.165, 1.54) is 12.1 Å². The quantitative estimate of drug-likeness (QED) is 0.810. The molecule has 0 amide bonds. The van der Waals surface area contributed by atoms with Gasteiger partial charge < -0.3 is 10.3 Å². The van der Waals surface area contributed by atoms with Crippen LogP contribution in [0.4, 0.5) is 4.39 Å². The molecule has 8 heteroatoms. The molecule has 2 rings (SSSR count). The number of rotatable bonds is 6. The third kappa shape index (κ3) is 3.41. The molecule has 0 saturated heterocycles. The van der Waals surface area contributed by atoms with Crippen LogP contribution in [0.5, 0.6) is 0 Å². The maximum atomic E-state index is 13.2. The molecule has 2 aromatic rings. The van der Waals surface area contributed by atoms with E-state index in [-0.39, 0.29) is 18.0 Å². The number of hydrogen-bond acceptors (Lipinski definition) is 4. The van der Waals surface area contributed by atoms with E-state index in [1.54, 1.807) is 23.3 Å². The Kier molecular flexibility index (Phi) is 4.48. The molecular weight excluding hydrogens is 283 g/mol. The van der Waals surface area contributed by atoms with Crippen LogP contribution in [0, 0.1) is 5.82 Å².